The number of para-hydroxylation sites is 1. The molecule has 4 aromatic rings. The molecule has 0 aromatic heterocycles. The summed E-state index contributed by atoms with van der Waals surface area (Å²) in [6.45, 7) is -0.912. The maximum Gasteiger partial charge on any atom is 0.359 e. The van der Waals surface area contributed by atoms with E-state index in [9.17, 15) is 9.59 Å². The highest BCUT2D eigenvalue weighted by atomic mass is 31.2. The van der Waals surface area contributed by atoms with E-state index in [1.807, 2.05) is 115 Å². The van der Waals surface area contributed by atoms with Gasteiger partial charge in [0, 0.05) is 18.1 Å². The number of rotatable bonds is 7. The average molecular weight is 508 g/mol. The molecule has 1 aliphatic heterocycles. The second-order valence-corrected chi connectivity index (χ2v) is 11.7. The molecule has 1 N–H and O–H groups in total. The minimum atomic E-state index is -2.86. The third-order valence-electron chi connectivity index (χ3n) is 6.24. The van der Waals surface area contributed by atoms with Gasteiger partial charge in [0.25, 0.3) is 5.91 Å². The lowest BCUT2D eigenvalue weighted by Crippen LogP contribution is -2.33. The summed E-state index contributed by atoms with van der Waals surface area (Å²) < 4.78 is 5.58. The van der Waals surface area contributed by atoms with Gasteiger partial charge in [-0.15, -0.1) is 5.11 Å². The highest BCUT2D eigenvalue weighted by Gasteiger charge is 2.36. The fraction of sp³-hybridized carbons (Fsp3) is 0.100. The van der Waals surface area contributed by atoms with Crippen LogP contribution >= 0.6 is 6.89 Å². The molecule has 1 unspecified atom stereocenters. The Hall–Kier alpha value is -4.28. The summed E-state index contributed by atoms with van der Waals surface area (Å²) in [5.41, 5.74) is 1.61. The molecule has 1 heterocycles. The second-order valence-electron chi connectivity index (χ2n) is 8.42. The minimum Gasteiger partial charge on any atom is -0.461 e. The Kier molecular flexibility index (Phi) is 7.11. The first-order valence-corrected chi connectivity index (χ1v) is 13.9. The summed E-state index contributed by atoms with van der Waals surface area (Å²) in [5.74, 6) is -0.834. The van der Waals surface area contributed by atoms with E-state index in [2.05, 4.69) is 15.5 Å². The van der Waals surface area contributed by atoms with E-state index in [4.69, 9.17) is 4.74 Å². The van der Waals surface area contributed by atoms with Crippen LogP contribution < -0.4 is 21.2 Å². The Morgan fingerprint density at radius 2 is 1.27 bits per heavy atom. The first kappa shape index (κ1) is 24.4. The molecule has 0 saturated heterocycles. The zero-order chi connectivity index (χ0) is 25.7. The van der Waals surface area contributed by atoms with Crippen LogP contribution in [0.1, 0.15) is 18.5 Å². The number of azo groups is 1. The Labute approximate surface area is 216 Å². The summed E-state index contributed by atoms with van der Waals surface area (Å²) in [7, 11) is 0. The summed E-state index contributed by atoms with van der Waals surface area (Å²) in [5, 5.41) is 14.8. The van der Waals surface area contributed by atoms with Gasteiger partial charge in [0.15, 0.2) is 11.5 Å². The topological polar surface area (TPSA) is 80.1 Å². The summed E-state index contributed by atoms with van der Waals surface area (Å²) in [6.07, 6.45) is 0. The van der Waals surface area contributed by atoms with Gasteiger partial charge in [0.2, 0.25) is 0 Å². The van der Waals surface area contributed by atoms with Gasteiger partial charge in [-0.3, -0.25) is 4.79 Å². The number of hydrogen-bond acceptors (Lipinski definition) is 4. The van der Waals surface area contributed by atoms with Crippen LogP contribution in [0.25, 0.3) is 0 Å². The van der Waals surface area contributed by atoms with Crippen molar-refractivity contribution < 1.29 is 14.3 Å². The fourth-order valence-corrected chi connectivity index (χ4v) is 8.64. The van der Waals surface area contributed by atoms with E-state index < -0.39 is 18.9 Å². The lowest BCUT2D eigenvalue weighted by atomic mass is 10.1. The molecule has 37 heavy (non-hydrogen) atoms. The number of fused-ring (bicyclic) bond motifs is 1. The van der Waals surface area contributed by atoms with Crippen LogP contribution in [-0.4, -0.2) is 23.9 Å². The van der Waals surface area contributed by atoms with Crippen molar-refractivity contribution in [2.75, 3.05) is 11.9 Å². The molecule has 7 heteroatoms. The standard InChI is InChI=1S/C30H26N3O3P/c1-2-36-30(35)29(33-32-27-25-20-12-13-21-26(25)31-28(27)34)37(22-14-6-3-7-15-22,23-16-8-4-9-17-23)24-18-10-5-11-19-24/h3-21,27H,2H2,1H3,(H,31,34). The quantitative estimate of drug-likeness (QED) is 0.221. The molecule has 0 aliphatic carbocycles. The number of carbonyl (C=O) groups excluding carboxylic acids is 2. The van der Waals surface area contributed by atoms with Crippen LogP contribution in [0.3, 0.4) is 0 Å². The number of benzene rings is 4. The Balaban J connectivity index is 1.87. The van der Waals surface area contributed by atoms with E-state index in [0.29, 0.717) is 5.69 Å². The number of hydrogen-bond donors (Lipinski definition) is 1. The first-order chi connectivity index (χ1) is 18.2. The Morgan fingerprint density at radius 3 is 1.78 bits per heavy atom. The molecule has 0 fully saturated rings. The monoisotopic (exact) mass is 507 g/mol. The largest absolute Gasteiger partial charge is 0.461 e. The van der Waals surface area contributed by atoms with Gasteiger partial charge in [-0.2, -0.15) is 5.11 Å². The molecule has 0 spiro atoms. The van der Waals surface area contributed by atoms with E-state index in [1.54, 1.807) is 6.92 Å². The molecule has 5 rings (SSSR count). The molecule has 0 radical (unpaired) electrons. The maximum atomic E-state index is 13.8. The molecule has 6 nitrogen and oxygen atoms in total. The molecule has 1 aliphatic rings. The van der Waals surface area contributed by atoms with Gasteiger partial charge in [-0.05, 0) is 28.9 Å². The normalized spacial score (nSPS) is 14.7. The number of anilines is 1. The SMILES string of the molecule is CCOC(=O)C(N=NC1C(=O)Nc2ccccc21)=P(c1ccccc1)(c1ccccc1)c1ccccc1. The third-order valence-corrected chi connectivity index (χ3v) is 10.4. The van der Waals surface area contributed by atoms with Gasteiger partial charge in [-0.25, -0.2) is 4.79 Å². The molecule has 1 atom stereocenters. The van der Waals surface area contributed by atoms with E-state index in [1.165, 1.54) is 0 Å². The predicted octanol–water partition coefficient (Wildman–Crippen LogP) is 4.82. The molecule has 184 valence electrons. The summed E-state index contributed by atoms with van der Waals surface area (Å²) >= 11 is 0. The number of nitrogens with zero attached hydrogens (tertiary/aromatic N) is 2. The highest BCUT2D eigenvalue weighted by molar-refractivity contribution is 7.96. The minimum absolute atomic E-state index is 0.184. The third kappa shape index (κ3) is 4.52. The van der Waals surface area contributed by atoms with E-state index in [0.717, 1.165) is 21.5 Å². The summed E-state index contributed by atoms with van der Waals surface area (Å²) in [4.78, 5) is 26.6. The van der Waals surface area contributed by atoms with Crippen molar-refractivity contribution in [3.05, 3.63) is 121 Å². The van der Waals surface area contributed by atoms with Crippen molar-refractivity contribution in [1.29, 1.82) is 0 Å². The molecular formula is C30H26N3O3P. The van der Waals surface area contributed by atoms with Gasteiger partial charge in [0.05, 0.1) is 6.61 Å². The smallest absolute Gasteiger partial charge is 0.359 e. The van der Waals surface area contributed by atoms with Gasteiger partial charge in [-0.1, -0.05) is 109 Å². The first-order valence-electron chi connectivity index (χ1n) is 12.1. The molecule has 1 amide bonds. The maximum absolute atomic E-state index is 13.8. The van der Waals surface area contributed by atoms with Crippen LogP contribution in [0.2, 0.25) is 0 Å². The van der Waals surface area contributed by atoms with Gasteiger partial charge in [0.1, 0.15) is 0 Å². The van der Waals surface area contributed by atoms with Crippen molar-refractivity contribution in [3.8, 4) is 0 Å². The van der Waals surface area contributed by atoms with Crippen molar-refractivity contribution in [1.82, 2.24) is 0 Å². The Bertz CT molecular complexity index is 1400. The predicted molar refractivity (Wildman–Crippen MR) is 149 cm³/mol. The number of ether oxygens (including phenoxy) is 1. The lowest BCUT2D eigenvalue weighted by Gasteiger charge is -2.29. The van der Waals surface area contributed by atoms with Crippen LogP contribution in [0.4, 0.5) is 5.69 Å². The fourth-order valence-electron chi connectivity index (χ4n) is 4.63. The zero-order valence-corrected chi connectivity index (χ0v) is 21.2. The Morgan fingerprint density at radius 1 is 0.784 bits per heavy atom. The van der Waals surface area contributed by atoms with E-state index >= 15 is 0 Å². The van der Waals surface area contributed by atoms with E-state index in [-0.39, 0.29) is 17.9 Å². The number of nitrogens with one attached hydrogen (secondary N) is 1. The van der Waals surface area contributed by atoms with Crippen LogP contribution in [0.15, 0.2) is 125 Å². The van der Waals surface area contributed by atoms with Crippen molar-refractivity contribution in [3.63, 3.8) is 0 Å². The second kappa shape index (κ2) is 10.8. The number of amides is 1. The molecule has 0 saturated carbocycles. The van der Waals surface area contributed by atoms with Crippen LogP contribution in [0.5, 0.6) is 0 Å². The molecule has 4 aromatic carbocycles. The number of carbonyl (C=O) groups is 2. The molecular weight excluding hydrogens is 481 g/mol. The van der Waals surface area contributed by atoms with Crippen molar-refractivity contribution in [2.45, 2.75) is 13.0 Å². The highest BCUT2D eigenvalue weighted by Crippen LogP contribution is 2.47. The average Bonchev–Trinajstić information content (AvgIpc) is 3.27. The van der Waals surface area contributed by atoms with Crippen molar-refractivity contribution in [2.24, 2.45) is 10.2 Å². The van der Waals surface area contributed by atoms with Crippen LogP contribution in [0, 0.1) is 0 Å². The summed E-state index contributed by atoms with van der Waals surface area (Å²) in [6, 6.07) is 36.2. The number of esters is 1. The zero-order valence-electron chi connectivity index (χ0n) is 20.3. The lowest BCUT2D eigenvalue weighted by molar-refractivity contribution is -0.135. The van der Waals surface area contributed by atoms with Gasteiger partial charge < -0.3 is 10.1 Å². The molecule has 0 bridgehead atoms. The van der Waals surface area contributed by atoms with Crippen molar-refractivity contribution >= 4 is 45.8 Å². The van der Waals surface area contributed by atoms with Gasteiger partial charge >= 0.3 is 5.97 Å². The van der Waals surface area contributed by atoms with Crippen LogP contribution in [-0.2, 0) is 14.3 Å².